The highest BCUT2D eigenvalue weighted by molar-refractivity contribution is 5.36. The van der Waals surface area contributed by atoms with Gasteiger partial charge in [-0.15, -0.1) is 0 Å². The molecule has 2 N–H and O–H groups in total. The van der Waals surface area contributed by atoms with Crippen LogP contribution in [0.2, 0.25) is 0 Å². The highest BCUT2D eigenvalue weighted by atomic mass is 19.1. The Morgan fingerprint density at radius 1 is 1.50 bits per heavy atom. The Bertz CT molecular complexity index is 382. The Labute approximate surface area is 95.9 Å². The molecule has 0 saturated carbocycles. The van der Waals surface area contributed by atoms with E-state index in [0.29, 0.717) is 17.9 Å². The second-order valence-corrected chi connectivity index (χ2v) is 4.06. The standard InChI is InChI=1S/C13H18FNO/c1-9(2)6-7-16-13-5-4-11(14)8-12(13)10(3)15/h4-6,8,10H,7,15H2,1-3H3/t10-/m0/s1. The van der Waals surface area contributed by atoms with Crippen LogP contribution in [0.5, 0.6) is 5.75 Å². The lowest BCUT2D eigenvalue weighted by atomic mass is 10.1. The lowest BCUT2D eigenvalue weighted by Crippen LogP contribution is -2.08. The van der Waals surface area contributed by atoms with Gasteiger partial charge >= 0.3 is 0 Å². The highest BCUT2D eigenvalue weighted by Gasteiger charge is 2.08. The fourth-order valence-corrected chi connectivity index (χ4v) is 1.30. The molecule has 1 aromatic rings. The zero-order valence-electron chi connectivity index (χ0n) is 9.96. The number of allylic oxidation sites excluding steroid dienone is 1. The third-order valence-electron chi connectivity index (χ3n) is 2.19. The van der Waals surface area contributed by atoms with Crippen molar-refractivity contribution in [3.63, 3.8) is 0 Å². The molecule has 0 saturated heterocycles. The monoisotopic (exact) mass is 223 g/mol. The molecule has 0 radical (unpaired) electrons. The molecule has 0 aromatic heterocycles. The molecule has 0 heterocycles. The van der Waals surface area contributed by atoms with E-state index in [1.165, 1.54) is 17.7 Å². The summed E-state index contributed by atoms with van der Waals surface area (Å²) in [4.78, 5) is 0. The van der Waals surface area contributed by atoms with Crippen molar-refractivity contribution in [2.24, 2.45) is 5.73 Å². The van der Waals surface area contributed by atoms with Crippen molar-refractivity contribution in [2.45, 2.75) is 26.8 Å². The Morgan fingerprint density at radius 3 is 2.75 bits per heavy atom. The molecule has 0 aliphatic carbocycles. The molecule has 16 heavy (non-hydrogen) atoms. The summed E-state index contributed by atoms with van der Waals surface area (Å²) in [5.41, 5.74) is 7.63. The predicted molar refractivity (Wildman–Crippen MR) is 63.9 cm³/mol. The van der Waals surface area contributed by atoms with Crippen molar-refractivity contribution in [1.82, 2.24) is 0 Å². The van der Waals surface area contributed by atoms with Gasteiger partial charge in [0.15, 0.2) is 0 Å². The van der Waals surface area contributed by atoms with Gasteiger partial charge in [-0.3, -0.25) is 0 Å². The molecule has 0 spiro atoms. The van der Waals surface area contributed by atoms with E-state index in [-0.39, 0.29) is 11.9 Å². The van der Waals surface area contributed by atoms with Gasteiger partial charge in [-0.25, -0.2) is 4.39 Å². The molecule has 0 unspecified atom stereocenters. The first-order valence-corrected chi connectivity index (χ1v) is 5.32. The van der Waals surface area contributed by atoms with Crippen molar-refractivity contribution in [3.05, 3.63) is 41.2 Å². The van der Waals surface area contributed by atoms with Gasteiger partial charge in [-0.2, -0.15) is 0 Å². The van der Waals surface area contributed by atoms with Gasteiger partial charge in [-0.1, -0.05) is 5.57 Å². The molecular formula is C13H18FNO. The average Bonchev–Trinajstić information content (AvgIpc) is 2.19. The van der Waals surface area contributed by atoms with E-state index in [1.807, 2.05) is 26.8 Å². The average molecular weight is 223 g/mol. The summed E-state index contributed by atoms with van der Waals surface area (Å²) in [5, 5.41) is 0. The first-order chi connectivity index (χ1) is 7.50. The zero-order chi connectivity index (χ0) is 12.1. The van der Waals surface area contributed by atoms with Crippen LogP contribution < -0.4 is 10.5 Å². The number of rotatable bonds is 4. The molecule has 0 aliphatic heterocycles. The normalized spacial score (nSPS) is 12.1. The van der Waals surface area contributed by atoms with E-state index in [1.54, 1.807) is 6.07 Å². The van der Waals surface area contributed by atoms with Crippen molar-refractivity contribution in [1.29, 1.82) is 0 Å². The van der Waals surface area contributed by atoms with Crippen LogP contribution in [0, 0.1) is 5.82 Å². The molecule has 1 rings (SSSR count). The molecule has 1 aromatic carbocycles. The minimum Gasteiger partial charge on any atom is -0.489 e. The van der Waals surface area contributed by atoms with Crippen LogP contribution in [-0.2, 0) is 0 Å². The minimum atomic E-state index is -0.290. The van der Waals surface area contributed by atoms with Crippen molar-refractivity contribution in [2.75, 3.05) is 6.61 Å². The van der Waals surface area contributed by atoms with Crippen molar-refractivity contribution in [3.8, 4) is 5.75 Å². The summed E-state index contributed by atoms with van der Waals surface area (Å²) < 4.78 is 18.6. The van der Waals surface area contributed by atoms with E-state index in [9.17, 15) is 4.39 Å². The highest BCUT2D eigenvalue weighted by Crippen LogP contribution is 2.24. The molecule has 88 valence electrons. The number of nitrogens with two attached hydrogens (primary N) is 1. The number of benzene rings is 1. The Balaban J connectivity index is 2.82. The van der Waals surface area contributed by atoms with E-state index in [0.717, 1.165) is 0 Å². The third-order valence-corrected chi connectivity index (χ3v) is 2.19. The maximum Gasteiger partial charge on any atom is 0.124 e. The second-order valence-electron chi connectivity index (χ2n) is 4.06. The van der Waals surface area contributed by atoms with Crippen LogP contribution >= 0.6 is 0 Å². The number of hydrogen-bond acceptors (Lipinski definition) is 2. The first-order valence-electron chi connectivity index (χ1n) is 5.32. The van der Waals surface area contributed by atoms with Gasteiger partial charge in [0.05, 0.1) is 0 Å². The third kappa shape index (κ3) is 3.66. The van der Waals surface area contributed by atoms with Gasteiger partial charge in [-0.05, 0) is 45.0 Å². The number of hydrogen-bond donors (Lipinski definition) is 1. The fraction of sp³-hybridized carbons (Fsp3) is 0.385. The van der Waals surface area contributed by atoms with Crippen LogP contribution in [0.15, 0.2) is 29.8 Å². The lowest BCUT2D eigenvalue weighted by molar-refractivity contribution is 0.355. The smallest absolute Gasteiger partial charge is 0.124 e. The van der Waals surface area contributed by atoms with Crippen molar-refractivity contribution < 1.29 is 9.13 Å². The maximum atomic E-state index is 13.0. The van der Waals surface area contributed by atoms with Crippen molar-refractivity contribution >= 4 is 0 Å². The van der Waals surface area contributed by atoms with Gasteiger partial charge in [0.1, 0.15) is 18.2 Å². The number of ether oxygens (including phenoxy) is 1. The predicted octanol–water partition coefficient (Wildman–Crippen LogP) is 3.19. The number of halogens is 1. The SMILES string of the molecule is CC(C)=CCOc1ccc(F)cc1[C@H](C)N. The molecule has 0 aliphatic rings. The molecular weight excluding hydrogens is 205 g/mol. The lowest BCUT2D eigenvalue weighted by Gasteiger charge is -2.13. The van der Waals surface area contributed by atoms with Crippen LogP contribution in [0.1, 0.15) is 32.4 Å². The minimum absolute atomic E-state index is 0.239. The first kappa shape index (κ1) is 12.7. The van der Waals surface area contributed by atoms with Crippen LogP contribution in [-0.4, -0.2) is 6.61 Å². The van der Waals surface area contributed by atoms with Crippen LogP contribution in [0.25, 0.3) is 0 Å². The Kier molecular flexibility index (Phi) is 4.50. The van der Waals surface area contributed by atoms with E-state index in [2.05, 4.69) is 0 Å². The summed E-state index contributed by atoms with van der Waals surface area (Å²) in [6.07, 6.45) is 1.97. The topological polar surface area (TPSA) is 35.2 Å². The van der Waals surface area contributed by atoms with Crippen LogP contribution in [0.4, 0.5) is 4.39 Å². The van der Waals surface area contributed by atoms with E-state index >= 15 is 0 Å². The van der Waals surface area contributed by atoms with Gasteiger partial charge < -0.3 is 10.5 Å². The summed E-state index contributed by atoms with van der Waals surface area (Å²) >= 11 is 0. The second kappa shape index (κ2) is 5.66. The molecule has 0 bridgehead atoms. The summed E-state index contributed by atoms with van der Waals surface area (Å²) in [6.45, 7) is 6.29. The van der Waals surface area contributed by atoms with E-state index < -0.39 is 0 Å². The Morgan fingerprint density at radius 2 is 2.19 bits per heavy atom. The van der Waals surface area contributed by atoms with Gasteiger partial charge in [0.25, 0.3) is 0 Å². The zero-order valence-corrected chi connectivity index (χ0v) is 9.96. The molecule has 2 nitrogen and oxygen atoms in total. The molecule has 0 amide bonds. The fourth-order valence-electron chi connectivity index (χ4n) is 1.30. The molecule has 1 atom stereocenters. The van der Waals surface area contributed by atoms with Gasteiger partial charge in [0.2, 0.25) is 0 Å². The Hall–Kier alpha value is -1.35. The summed E-state index contributed by atoms with van der Waals surface area (Å²) in [5.74, 6) is 0.357. The van der Waals surface area contributed by atoms with Gasteiger partial charge in [0, 0.05) is 11.6 Å². The summed E-state index contributed by atoms with van der Waals surface area (Å²) in [7, 11) is 0. The maximum absolute atomic E-state index is 13.0. The molecule has 3 heteroatoms. The van der Waals surface area contributed by atoms with Crippen LogP contribution in [0.3, 0.4) is 0 Å². The summed E-state index contributed by atoms with van der Waals surface area (Å²) in [6, 6.07) is 4.18. The quantitative estimate of drug-likeness (QED) is 0.795. The largest absolute Gasteiger partial charge is 0.489 e. The van der Waals surface area contributed by atoms with E-state index in [4.69, 9.17) is 10.5 Å². The molecule has 0 fully saturated rings.